The third-order valence-electron chi connectivity index (χ3n) is 6.33. The first-order valence-electron chi connectivity index (χ1n) is 12.8. The minimum atomic E-state index is -3.79. The van der Waals surface area contributed by atoms with E-state index < -0.39 is 33.9 Å². The molecule has 0 radical (unpaired) electrons. The van der Waals surface area contributed by atoms with E-state index in [1.807, 2.05) is 30.3 Å². The van der Waals surface area contributed by atoms with E-state index in [1.165, 1.54) is 26.2 Å². The lowest BCUT2D eigenvalue weighted by Crippen LogP contribution is -2.50. The van der Waals surface area contributed by atoms with Crippen LogP contribution in [0.4, 0.5) is 15.3 Å². The average molecular weight is 559 g/mol. The number of alkyl carbamates (subject to hydrolysis) is 1. The van der Waals surface area contributed by atoms with Gasteiger partial charge in [-0.25, -0.2) is 18.0 Å². The van der Waals surface area contributed by atoms with Crippen LogP contribution in [0.5, 0.6) is 0 Å². The highest BCUT2D eigenvalue weighted by molar-refractivity contribution is 7.89. The number of nitrogens with one attached hydrogen (secondary N) is 1. The Morgan fingerprint density at radius 2 is 1.62 bits per heavy atom. The van der Waals surface area contributed by atoms with E-state index >= 15 is 0 Å². The van der Waals surface area contributed by atoms with Crippen molar-refractivity contribution in [2.24, 2.45) is 0 Å². The summed E-state index contributed by atoms with van der Waals surface area (Å²) in [5, 5.41) is 2.71. The van der Waals surface area contributed by atoms with Crippen LogP contribution >= 0.6 is 0 Å². The summed E-state index contributed by atoms with van der Waals surface area (Å²) in [6.07, 6.45) is -0.944. The molecule has 39 heavy (non-hydrogen) atoms. The lowest BCUT2D eigenvalue weighted by atomic mass is 10.2. The molecule has 2 saturated heterocycles. The molecule has 12 heteroatoms. The van der Waals surface area contributed by atoms with E-state index in [9.17, 15) is 22.8 Å². The van der Waals surface area contributed by atoms with E-state index in [4.69, 9.17) is 9.47 Å². The van der Waals surface area contributed by atoms with Crippen molar-refractivity contribution in [2.75, 3.05) is 37.6 Å². The summed E-state index contributed by atoms with van der Waals surface area (Å²) in [5.41, 5.74) is 0.769. The lowest BCUT2D eigenvalue weighted by Gasteiger charge is -2.33. The van der Waals surface area contributed by atoms with Gasteiger partial charge in [0.1, 0.15) is 12.2 Å². The molecule has 11 nitrogen and oxygen atoms in total. The summed E-state index contributed by atoms with van der Waals surface area (Å²) in [5.74, 6) is -0.179. The van der Waals surface area contributed by atoms with Gasteiger partial charge in [0.05, 0.1) is 10.9 Å². The Kier molecular flexibility index (Phi) is 8.45. The van der Waals surface area contributed by atoms with Gasteiger partial charge >= 0.3 is 12.2 Å². The van der Waals surface area contributed by atoms with Gasteiger partial charge in [0, 0.05) is 44.8 Å². The van der Waals surface area contributed by atoms with Crippen LogP contribution in [0.2, 0.25) is 0 Å². The molecule has 0 aromatic heterocycles. The van der Waals surface area contributed by atoms with Crippen LogP contribution in [0.3, 0.4) is 0 Å². The van der Waals surface area contributed by atoms with Gasteiger partial charge < -0.3 is 24.6 Å². The number of nitrogens with zero attached hydrogens (tertiary/aromatic N) is 3. The molecule has 3 amide bonds. The van der Waals surface area contributed by atoms with Gasteiger partial charge in [-0.15, -0.1) is 0 Å². The van der Waals surface area contributed by atoms with E-state index in [0.29, 0.717) is 5.69 Å². The Hall–Kier alpha value is -3.64. The maximum absolute atomic E-state index is 13.2. The quantitative estimate of drug-likeness (QED) is 0.578. The summed E-state index contributed by atoms with van der Waals surface area (Å²) in [6.45, 7) is 6.42. The number of carbonyl (C=O) groups is 3. The maximum atomic E-state index is 13.2. The molecule has 2 aliphatic rings. The Bertz CT molecular complexity index is 1290. The third kappa shape index (κ3) is 7.27. The minimum Gasteiger partial charge on any atom is -0.445 e. The first kappa shape index (κ1) is 28.4. The summed E-state index contributed by atoms with van der Waals surface area (Å²) >= 11 is 0. The van der Waals surface area contributed by atoms with Gasteiger partial charge in [0.15, 0.2) is 0 Å². The summed E-state index contributed by atoms with van der Waals surface area (Å²) in [4.78, 5) is 40.1. The zero-order valence-corrected chi connectivity index (χ0v) is 23.1. The number of piperazine rings is 1. The fourth-order valence-corrected chi connectivity index (χ4v) is 5.82. The molecule has 1 N–H and O–H groups in total. The molecule has 0 bridgehead atoms. The van der Waals surface area contributed by atoms with Crippen molar-refractivity contribution in [1.29, 1.82) is 0 Å². The number of benzene rings is 2. The number of carbonyl (C=O) groups excluding carboxylic acids is 3. The van der Waals surface area contributed by atoms with Crippen molar-refractivity contribution in [1.82, 2.24) is 14.5 Å². The van der Waals surface area contributed by atoms with E-state index in [-0.39, 0.29) is 56.6 Å². The number of hydrogen-bond acceptors (Lipinski definition) is 7. The van der Waals surface area contributed by atoms with E-state index in [0.717, 1.165) is 5.56 Å². The zero-order valence-electron chi connectivity index (χ0n) is 22.3. The van der Waals surface area contributed by atoms with Gasteiger partial charge in [0.25, 0.3) is 0 Å². The molecule has 1 atom stereocenters. The topological polar surface area (TPSA) is 126 Å². The SMILES string of the molecule is CC(C)(C)OC(=O)N[C@@H]1CC(=O)N(c2ccc(S(=O)(=O)N3CCN(C(=O)OCc4ccccc4)CC3)cc2)C1. The fourth-order valence-electron chi connectivity index (χ4n) is 4.40. The highest BCUT2D eigenvalue weighted by Crippen LogP contribution is 2.25. The van der Waals surface area contributed by atoms with Crippen molar-refractivity contribution in [3.63, 3.8) is 0 Å². The molecule has 0 spiro atoms. The number of amides is 3. The second-order valence-corrected chi connectivity index (χ2v) is 12.4. The molecule has 2 heterocycles. The molecule has 4 rings (SSSR count). The highest BCUT2D eigenvalue weighted by atomic mass is 32.2. The average Bonchev–Trinajstić information content (AvgIpc) is 3.26. The number of anilines is 1. The van der Waals surface area contributed by atoms with Crippen molar-refractivity contribution < 1.29 is 32.3 Å². The molecule has 2 aromatic carbocycles. The van der Waals surface area contributed by atoms with Crippen molar-refractivity contribution >= 4 is 33.8 Å². The van der Waals surface area contributed by atoms with Crippen LogP contribution in [-0.2, 0) is 30.9 Å². The number of hydrogen-bond donors (Lipinski definition) is 1. The smallest absolute Gasteiger partial charge is 0.410 e. The zero-order chi connectivity index (χ0) is 28.2. The number of sulfonamides is 1. The number of ether oxygens (including phenoxy) is 2. The van der Waals surface area contributed by atoms with Gasteiger partial charge in [-0.05, 0) is 50.6 Å². The number of rotatable bonds is 6. The first-order chi connectivity index (χ1) is 18.4. The standard InChI is InChI=1S/C27H34N4O7S/c1-27(2,3)38-25(33)28-21-17-24(32)31(18-21)22-9-11-23(12-10-22)39(35,36)30-15-13-29(14-16-30)26(34)37-19-20-7-5-4-6-8-20/h4-12,21H,13-19H2,1-3H3,(H,28,33)/t21-/m1/s1. The Morgan fingerprint density at radius 3 is 2.23 bits per heavy atom. The van der Waals surface area contributed by atoms with Crippen LogP contribution in [0.25, 0.3) is 0 Å². The predicted molar refractivity (Wildman–Crippen MR) is 144 cm³/mol. The lowest BCUT2D eigenvalue weighted by molar-refractivity contribution is -0.117. The molecule has 210 valence electrons. The second-order valence-electron chi connectivity index (χ2n) is 10.5. The van der Waals surface area contributed by atoms with Crippen LogP contribution in [0, 0.1) is 0 Å². The third-order valence-corrected chi connectivity index (χ3v) is 8.25. The van der Waals surface area contributed by atoms with Gasteiger partial charge in [-0.3, -0.25) is 4.79 Å². The molecule has 2 aliphatic heterocycles. The predicted octanol–water partition coefficient (Wildman–Crippen LogP) is 2.96. The van der Waals surface area contributed by atoms with Crippen LogP contribution in [0.15, 0.2) is 59.5 Å². The van der Waals surface area contributed by atoms with Crippen LogP contribution in [0.1, 0.15) is 32.8 Å². The van der Waals surface area contributed by atoms with E-state index in [1.54, 1.807) is 32.9 Å². The molecule has 0 unspecified atom stereocenters. The Morgan fingerprint density at radius 1 is 0.974 bits per heavy atom. The molecular formula is C27H34N4O7S. The van der Waals surface area contributed by atoms with Gasteiger partial charge in [-0.2, -0.15) is 4.31 Å². The molecule has 2 fully saturated rings. The van der Waals surface area contributed by atoms with Crippen LogP contribution in [-0.4, -0.2) is 80.1 Å². The van der Waals surface area contributed by atoms with E-state index in [2.05, 4.69) is 5.32 Å². The molecule has 0 aliphatic carbocycles. The largest absolute Gasteiger partial charge is 0.445 e. The van der Waals surface area contributed by atoms with Crippen molar-refractivity contribution in [3.05, 3.63) is 60.2 Å². The molecule has 0 saturated carbocycles. The van der Waals surface area contributed by atoms with Crippen LogP contribution < -0.4 is 10.2 Å². The second kappa shape index (κ2) is 11.6. The summed E-state index contributed by atoms with van der Waals surface area (Å²) in [6, 6.07) is 15.0. The molecular weight excluding hydrogens is 524 g/mol. The molecule has 2 aromatic rings. The Balaban J connectivity index is 1.30. The fraction of sp³-hybridized carbons (Fsp3) is 0.444. The Labute approximate surface area is 228 Å². The monoisotopic (exact) mass is 558 g/mol. The minimum absolute atomic E-state index is 0.0985. The highest BCUT2D eigenvalue weighted by Gasteiger charge is 2.34. The van der Waals surface area contributed by atoms with Gasteiger partial charge in [0.2, 0.25) is 15.9 Å². The first-order valence-corrected chi connectivity index (χ1v) is 14.2. The summed E-state index contributed by atoms with van der Waals surface area (Å²) in [7, 11) is -3.79. The van der Waals surface area contributed by atoms with Crippen molar-refractivity contribution in [2.45, 2.75) is 50.3 Å². The van der Waals surface area contributed by atoms with Crippen molar-refractivity contribution in [3.8, 4) is 0 Å². The maximum Gasteiger partial charge on any atom is 0.410 e. The van der Waals surface area contributed by atoms with Gasteiger partial charge in [-0.1, -0.05) is 30.3 Å². The summed E-state index contributed by atoms with van der Waals surface area (Å²) < 4.78 is 38.4. The normalized spacial score (nSPS) is 18.6.